The van der Waals surface area contributed by atoms with E-state index in [1.54, 1.807) is 7.11 Å². The van der Waals surface area contributed by atoms with Gasteiger partial charge < -0.3 is 15.5 Å². The van der Waals surface area contributed by atoms with Crippen LogP contribution in [0.2, 0.25) is 0 Å². The van der Waals surface area contributed by atoms with Crippen molar-refractivity contribution >= 4 is 23.4 Å². The second-order valence-corrected chi connectivity index (χ2v) is 9.80. The summed E-state index contributed by atoms with van der Waals surface area (Å²) in [7, 11) is 1.64. The van der Waals surface area contributed by atoms with Gasteiger partial charge in [0.25, 0.3) is 0 Å². The van der Waals surface area contributed by atoms with Gasteiger partial charge in [-0.2, -0.15) is 0 Å². The number of amides is 1. The molecule has 0 saturated carbocycles. The predicted octanol–water partition coefficient (Wildman–Crippen LogP) is 5.28. The van der Waals surface area contributed by atoms with E-state index in [2.05, 4.69) is 40.0 Å². The van der Waals surface area contributed by atoms with Gasteiger partial charge in [-0.05, 0) is 49.6 Å². The molecular formula is C27H27N5O2S. The van der Waals surface area contributed by atoms with E-state index in [9.17, 15) is 4.79 Å². The lowest BCUT2D eigenvalue weighted by Gasteiger charge is -2.33. The Balaban J connectivity index is 1.52. The van der Waals surface area contributed by atoms with E-state index in [-0.39, 0.29) is 11.9 Å². The normalized spacial score (nSPS) is 16.8. The molecule has 1 aliphatic rings. The van der Waals surface area contributed by atoms with Crippen LogP contribution in [0.25, 0.3) is 11.4 Å². The summed E-state index contributed by atoms with van der Waals surface area (Å²) in [6, 6.07) is 21.5. The molecule has 0 saturated heterocycles. The van der Waals surface area contributed by atoms with Crippen LogP contribution >= 0.6 is 11.8 Å². The molecule has 35 heavy (non-hydrogen) atoms. The number of ether oxygens (including phenoxy) is 1. The van der Waals surface area contributed by atoms with Crippen LogP contribution in [0.15, 0.2) is 71.9 Å². The number of fused-ring (bicyclic) bond motifs is 1. The maximum absolute atomic E-state index is 13.7. The fraction of sp³-hybridized carbons (Fsp3) is 0.222. The molecule has 3 aromatic carbocycles. The van der Waals surface area contributed by atoms with E-state index in [0.29, 0.717) is 11.0 Å². The second kappa shape index (κ2) is 9.46. The smallest absolute Gasteiger partial charge is 0.240 e. The minimum Gasteiger partial charge on any atom is -0.497 e. The maximum atomic E-state index is 13.7. The lowest BCUT2D eigenvalue weighted by molar-refractivity contribution is -0.116. The molecule has 2 atom stereocenters. The average molecular weight is 486 g/mol. The zero-order valence-electron chi connectivity index (χ0n) is 20.1. The minimum atomic E-state index is -0.469. The summed E-state index contributed by atoms with van der Waals surface area (Å²) >= 11 is 1.41. The van der Waals surface area contributed by atoms with Crippen molar-refractivity contribution in [1.82, 2.24) is 14.9 Å². The van der Waals surface area contributed by atoms with Gasteiger partial charge in [0.05, 0.1) is 13.2 Å². The zero-order chi connectivity index (χ0) is 24.5. The van der Waals surface area contributed by atoms with Gasteiger partial charge in [0.15, 0.2) is 5.82 Å². The first-order valence-corrected chi connectivity index (χ1v) is 12.3. The summed E-state index contributed by atoms with van der Waals surface area (Å²) in [5.74, 6) is 1.38. The Morgan fingerprint density at radius 2 is 1.69 bits per heavy atom. The summed E-state index contributed by atoms with van der Waals surface area (Å²) in [5, 5.41) is 12.2. The van der Waals surface area contributed by atoms with E-state index in [1.807, 2.05) is 73.1 Å². The molecule has 1 amide bonds. The number of nitrogens with one attached hydrogen (secondary N) is 2. The van der Waals surface area contributed by atoms with Crippen LogP contribution in [0, 0.1) is 20.8 Å². The van der Waals surface area contributed by atoms with Crippen molar-refractivity contribution in [3.63, 3.8) is 0 Å². The van der Waals surface area contributed by atoms with Gasteiger partial charge in [0.1, 0.15) is 11.0 Å². The molecule has 2 heterocycles. The van der Waals surface area contributed by atoms with Gasteiger partial charge in [-0.25, -0.2) is 4.68 Å². The van der Waals surface area contributed by atoms with Gasteiger partial charge in [0, 0.05) is 11.3 Å². The molecule has 0 spiro atoms. The Bertz CT molecular complexity index is 1350. The van der Waals surface area contributed by atoms with Crippen molar-refractivity contribution in [2.45, 2.75) is 37.2 Å². The third kappa shape index (κ3) is 4.49. The van der Waals surface area contributed by atoms with Gasteiger partial charge in [-0.1, -0.05) is 71.9 Å². The Morgan fingerprint density at radius 3 is 2.34 bits per heavy atom. The predicted molar refractivity (Wildman–Crippen MR) is 139 cm³/mol. The second-order valence-electron chi connectivity index (χ2n) is 8.69. The van der Waals surface area contributed by atoms with Crippen LogP contribution in [0.1, 0.15) is 28.3 Å². The van der Waals surface area contributed by atoms with E-state index >= 15 is 0 Å². The Morgan fingerprint density at radius 1 is 1.00 bits per heavy atom. The molecule has 7 nitrogen and oxygen atoms in total. The fourth-order valence-electron chi connectivity index (χ4n) is 4.46. The number of rotatable bonds is 5. The molecule has 0 aliphatic carbocycles. The molecule has 1 aromatic heterocycles. The molecule has 1 aliphatic heterocycles. The van der Waals surface area contributed by atoms with Gasteiger partial charge in [0.2, 0.25) is 11.1 Å². The highest BCUT2D eigenvalue weighted by Crippen LogP contribution is 2.39. The first-order chi connectivity index (χ1) is 16.9. The van der Waals surface area contributed by atoms with Crippen LogP contribution in [-0.2, 0) is 4.79 Å². The number of methoxy groups -OCH3 is 1. The van der Waals surface area contributed by atoms with Crippen LogP contribution in [0.5, 0.6) is 5.75 Å². The van der Waals surface area contributed by atoms with Crippen molar-refractivity contribution in [3.8, 4) is 17.1 Å². The van der Waals surface area contributed by atoms with E-state index < -0.39 is 5.25 Å². The lowest BCUT2D eigenvalue weighted by atomic mass is 10.0. The number of aromatic nitrogens is 3. The number of carbonyl (C=O) groups excluding carboxylic acids is 1. The number of thioether (sulfide) groups is 1. The summed E-state index contributed by atoms with van der Waals surface area (Å²) in [4.78, 5) is 13.7. The Hall–Kier alpha value is -3.78. The lowest BCUT2D eigenvalue weighted by Crippen LogP contribution is -2.41. The largest absolute Gasteiger partial charge is 0.497 e. The summed E-state index contributed by atoms with van der Waals surface area (Å²) in [6.45, 7) is 6.10. The van der Waals surface area contributed by atoms with Crippen LogP contribution in [0.4, 0.5) is 5.69 Å². The highest BCUT2D eigenvalue weighted by atomic mass is 32.2. The Kier molecular flexibility index (Phi) is 6.21. The molecular weight excluding hydrogens is 458 g/mol. The van der Waals surface area contributed by atoms with E-state index in [1.165, 1.54) is 17.3 Å². The number of carbonyl (C=O) groups is 1. The van der Waals surface area contributed by atoms with Crippen molar-refractivity contribution in [2.75, 3.05) is 17.9 Å². The van der Waals surface area contributed by atoms with Crippen LogP contribution < -0.4 is 15.5 Å². The molecule has 5 rings (SSSR count). The number of aryl methyl sites for hydroxylation is 3. The number of benzene rings is 3. The van der Waals surface area contributed by atoms with Crippen molar-refractivity contribution in [2.24, 2.45) is 0 Å². The molecule has 0 bridgehead atoms. The van der Waals surface area contributed by atoms with Crippen LogP contribution in [-0.4, -0.2) is 33.1 Å². The number of nitrogens with zero attached hydrogens (tertiary/aromatic N) is 3. The molecule has 8 heteroatoms. The first kappa shape index (κ1) is 23.0. The number of hydrogen-bond acceptors (Lipinski definition) is 6. The third-order valence-corrected chi connectivity index (χ3v) is 7.34. The number of hydrogen-bond donors (Lipinski definition) is 2. The minimum absolute atomic E-state index is 0.0890. The zero-order valence-corrected chi connectivity index (χ0v) is 20.9. The van der Waals surface area contributed by atoms with Gasteiger partial charge >= 0.3 is 0 Å². The SMILES string of the molecule is COc1ccc([C@@H]2Nn3c(nnc3-c3ccccc3)S[C@@H]2C(=O)Nc2c(C)cc(C)cc2C)cc1. The van der Waals surface area contributed by atoms with Gasteiger partial charge in [-0.15, -0.1) is 10.2 Å². The maximum Gasteiger partial charge on any atom is 0.240 e. The molecule has 0 unspecified atom stereocenters. The first-order valence-electron chi connectivity index (χ1n) is 11.4. The standard InChI is InChI=1S/C27H27N5O2S/c1-16-14-17(2)22(18(3)15-16)28-26(33)24-23(19-10-12-21(34-4)13-11-19)31-32-25(29-30-27(32)35-24)20-8-6-5-7-9-20/h5-15,23-24,31H,1-4H3,(H,28,33)/t23-,24-/m0/s1. The van der Waals surface area contributed by atoms with Gasteiger partial charge in [-0.3, -0.25) is 4.79 Å². The molecule has 0 radical (unpaired) electrons. The molecule has 178 valence electrons. The van der Waals surface area contributed by atoms with Crippen molar-refractivity contribution < 1.29 is 9.53 Å². The molecule has 2 N–H and O–H groups in total. The van der Waals surface area contributed by atoms with Crippen LogP contribution in [0.3, 0.4) is 0 Å². The summed E-state index contributed by atoms with van der Waals surface area (Å²) in [6.07, 6.45) is 0. The third-order valence-electron chi connectivity index (χ3n) is 6.13. The molecule has 0 fully saturated rings. The Labute approximate surface area is 208 Å². The van der Waals surface area contributed by atoms with E-state index in [4.69, 9.17) is 4.74 Å². The van der Waals surface area contributed by atoms with Crippen molar-refractivity contribution in [1.29, 1.82) is 0 Å². The topological polar surface area (TPSA) is 81.1 Å². The monoisotopic (exact) mass is 485 g/mol. The average Bonchev–Trinajstić information content (AvgIpc) is 3.29. The summed E-state index contributed by atoms with van der Waals surface area (Å²) < 4.78 is 7.21. The fourth-order valence-corrected chi connectivity index (χ4v) is 5.54. The quantitative estimate of drug-likeness (QED) is 0.401. The van der Waals surface area contributed by atoms with Crippen molar-refractivity contribution in [3.05, 3.63) is 89.0 Å². The highest BCUT2D eigenvalue weighted by Gasteiger charge is 2.38. The summed E-state index contributed by atoms with van der Waals surface area (Å²) in [5.41, 5.74) is 9.54. The van der Waals surface area contributed by atoms with E-state index in [0.717, 1.165) is 33.7 Å². The highest BCUT2D eigenvalue weighted by molar-refractivity contribution is 8.00. The number of anilines is 1. The molecule has 4 aromatic rings.